The largest absolute Gasteiger partial charge is 0.505 e. The summed E-state index contributed by atoms with van der Waals surface area (Å²) in [4.78, 5) is 58.5. The highest BCUT2D eigenvalue weighted by atomic mass is 16.6. The molecular weight excluding hydrogens is 504 g/mol. The van der Waals surface area contributed by atoms with Gasteiger partial charge < -0.3 is 30.5 Å². The van der Waals surface area contributed by atoms with Crippen molar-refractivity contribution in [3.05, 3.63) is 59.9 Å². The highest BCUT2D eigenvalue weighted by Crippen LogP contribution is 2.36. The van der Waals surface area contributed by atoms with Gasteiger partial charge >= 0.3 is 5.97 Å². The van der Waals surface area contributed by atoms with Crippen molar-refractivity contribution < 1.29 is 34.1 Å². The second-order valence-electron chi connectivity index (χ2n) is 10.3. The van der Waals surface area contributed by atoms with Crippen LogP contribution in [0, 0.1) is 11.8 Å². The molecule has 208 valence electrons. The van der Waals surface area contributed by atoms with Crippen LogP contribution in [0.2, 0.25) is 0 Å². The van der Waals surface area contributed by atoms with Crippen LogP contribution in [0.1, 0.15) is 42.7 Å². The van der Waals surface area contributed by atoms with Gasteiger partial charge in [-0.05, 0) is 50.8 Å². The van der Waals surface area contributed by atoms with E-state index in [1.165, 1.54) is 37.2 Å². The Labute approximate surface area is 226 Å². The number of amides is 3. The predicted molar refractivity (Wildman–Crippen MR) is 139 cm³/mol. The number of likely N-dealkylation sites (N-methyl/N-ethyl adjacent to an activating group) is 1. The van der Waals surface area contributed by atoms with Gasteiger partial charge in [-0.3, -0.25) is 19.2 Å². The minimum atomic E-state index is -1.35. The molecular formula is C28H34N4O7. The molecule has 2 aromatic rings. The monoisotopic (exact) mass is 538 g/mol. The van der Waals surface area contributed by atoms with Gasteiger partial charge in [0, 0.05) is 19.2 Å². The fraction of sp³-hybridized carbons (Fsp3) is 0.464. The number of aliphatic hydroxyl groups excluding tert-OH is 1. The quantitative estimate of drug-likeness (QED) is 0.407. The lowest BCUT2D eigenvalue weighted by Crippen LogP contribution is -2.62. The zero-order valence-corrected chi connectivity index (χ0v) is 22.1. The average Bonchev–Trinajstić information content (AvgIpc) is 3.77. The number of ether oxygens (including phenoxy) is 1. The van der Waals surface area contributed by atoms with Gasteiger partial charge in [-0.1, -0.05) is 30.3 Å². The number of rotatable bonds is 5. The first kappa shape index (κ1) is 28.0. The molecule has 1 aromatic carbocycles. The number of pyridine rings is 1. The average molecular weight is 539 g/mol. The van der Waals surface area contributed by atoms with Crippen LogP contribution in [-0.2, 0) is 25.5 Å². The summed E-state index contributed by atoms with van der Waals surface area (Å²) in [7, 11) is 1.48. The van der Waals surface area contributed by atoms with Crippen LogP contribution < -0.4 is 10.6 Å². The Kier molecular flexibility index (Phi) is 8.49. The number of esters is 1. The number of aromatic hydroxyl groups is 1. The summed E-state index contributed by atoms with van der Waals surface area (Å²) in [6.07, 6.45) is 0.531. The first-order valence-electron chi connectivity index (χ1n) is 13.0. The van der Waals surface area contributed by atoms with Gasteiger partial charge in [0.25, 0.3) is 11.8 Å². The molecule has 1 aliphatic heterocycles. The lowest BCUT2D eigenvalue weighted by molar-refractivity contribution is -0.169. The molecule has 6 atom stereocenters. The number of aliphatic hydroxyl groups is 1. The molecule has 0 bridgehead atoms. The van der Waals surface area contributed by atoms with Crippen molar-refractivity contribution in [1.82, 2.24) is 20.5 Å². The minimum Gasteiger partial charge on any atom is -0.505 e. The van der Waals surface area contributed by atoms with Crippen LogP contribution in [0.15, 0.2) is 48.7 Å². The van der Waals surface area contributed by atoms with Crippen molar-refractivity contribution >= 4 is 23.7 Å². The second-order valence-corrected chi connectivity index (χ2v) is 10.3. The fourth-order valence-electron chi connectivity index (χ4n) is 4.68. The predicted octanol–water partition coefficient (Wildman–Crippen LogP) is 0.792. The molecule has 1 saturated heterocycles. The van der Waals surface area contributed by atoms with Crippen molar-refractivity contribution in [2.24, 2.45) is 11.8 Å². The maximum absolute atomic E-state index is 13.7. The summed E-state index contributed by atoms with van der Waals surface area (Å²) in [5, 5.41) is 26.7. The molecule has 1 saturated carbocycles. The van der Waals surface area contributed by atoms with Crippen molar-refractivity contribution in [2.75, 3.05) is 7.05 Å². The standard InChI is InChI=1S/C28H34N4O7/c1-15-23(34)19(14-17-8-5-4-6-9-17)30-25(35)21(31-26(36)22-20(33)10-7-13-29-22)16(2)32(3)27(37)24(18-11-12-18)39-28(15)38/h4-10,13,15-16,18-19,21,23-24,33-34H,11-12,14H2,1-3H3,(H,30,35)(H,31,36)/t15-,16-,19+,21+,23+,24?/m1/s1. The van der Waals surface area contributed by atoms with Gasteiger partial charge in [0.2, 0.25) is 5.91 Å². The SMILES string of the molecule is C[C@@H]1[C@H](NC(=O)c2ncccc2O)C(=O)N[C@@H](Cc2ccccc2)[C@@H](O)[C@@H](C)C(=O)OC(C2CC2)C(=O)N1C. The van der Waals surface area contributed by atoms with Crippen LogP contribution in [-0.4, -0.2) is 81.2 Å². The molecule has 1 unspecified atom stereocenters. The number of aromatic nitrogens is 1. The molecule has 0 spiro atoms. The number of hydrogen-bond donors (Lipinski definition) is 4. The van der Waals surface area contributed by atoms with Crippen molar-refractivity contribution in [2.45, 2.75) is 63.4 Å². The third-order valence-electron chi connectivity index (χ3n) is 7.47. The van der Waals surface area contributed by atoms with E-state index >= 15 is 0 Å². The first-order chi connectivity index (χ1) is 18.6. The summed E-state index contributed by atoms with van der Waals surface area (Å²) in [5.74, 6) is -4.29. The Balaban J connectivity index is 1.70. The van der Waals surface area contributed by atoms with E-state index in [0.717, 1.165) is 5.56 Å². The molecule has 39 heavy (non-hydrogen) atoms. The van der Waals surface area contributed by atoms with Crippen LogP contribution in [0.3, 0.4) is 0 Å². The van der Waals surface area contributed by atoms with E-state index in [9.17, 15) is 29.4 Å². The number of hydrogen-bond acceptors (Lipinski definition) is 8. The van der Waals surface area contributed by atoms with E-state index in [2.05, 4.69) is 15.6 Å². The number of benzene rings is 1. The molecule has 2 heterocycles. The Morgan fingerprint density at radius 2 is 1.82 bits per heavy atom. The maximum Gasteiger partial charge on any atom is 0.312 e. The van der Waals surface area contributed by atoms with Gasteiger partial charge in [0.1, 0.15) is 11.8 Å². The maximum atomic E-state index is 13.7. The highest BCUT2D eigenvalue weighted by Gasteiger charge is 2.45. The summed E-state index contributed by atoms with van der Waals surface area (Å²) >= 11 is 0. The van der Waals surface area contributed by atoms with Gasteiger partial charge in [-0.15, -0.1) is 0 Å². The third kappa shape index (κ3) is 6.36. The molecule has 2 fully saturated rings. The number of nitrogens with zero attached hydrogens (tertiary/aromatic N) is 2. The molecule has 1 aromatic heterocycles. The fourth-order valence-corrected chi connectivity index (χ4v) is 4.68. The Morgan fingerprint density at radius 3 is 2.46 bits per heavy atom. The summed E-state index contributed by atoms with van der Waals surface area (Å²) in [6, 6.07) is 8.80. The summed E-state index contributed by atoms with van der Waals surface area (Å²) in [6.45, 7) is 3.08. The topological polar surface area (TPSA) is 158 Å². The molecule has 11 nitrogen and oxygen atoms in total. The number of carbonyl (C=O) groups is 4. The van der Waals surface area contributed by atoms with Gasteiger partial charge in [0.05, 0.1) is 24.1 Å². The van der Waals surface area contributed by atoms with E-state index in [1.807, 2.05) is 30.3 Å². The Bertz CT molecular complexity index is 1220. The summed E-state index contributed by atoms with van der Waals surface area (Å²) in [5.41, 5.74) is 0.529. The lowest BCUT2D eigenvalue weighted by Gasteiger charge is -2.37. The van der Waals surface area contributed by atoms with E-state index in [-0.39, 0.29) is 23.8 Å². The smallest absolute Gasteiger partial charge is 0.312 e. The number of nitrogens with one attached hydrogen (secondary N) is 2. The van der Waals surface area contributed by atoms with Crippen molar-refractivity contribution in [1.29, 1.82) is 0 Å². The third-order valence-corrected chi connectivity index (χ3v) is 7.47. The molecule has 0 radical (unpaired) electrons. The van der Waals surface area contributed by atoms with E-state index < -0.39 is 59.9 Å². The van der Waals surface area contributed by atoms with Crippen LogP contribution >= 0.6 is 0 Å². The molecule has 4 N–H and O–H groups in total. The van der Waals surface area contributed by atoms with E-state index in [0.29, 0.717) is 12.8 Å². The van der Waals surface area contributed by atoms with Crippen LogP contribution in [0.4, 0.5) is 0 Å². The Hall–Kier alpha value is -3.99. The minimum absolute atomic E-state index is 0.157. The molecule has 11 heteroatoms. The first-order valence-corrected chi connectivity index (χ1v) is 13.0. The molecule has 1 aliphatic carbocycles. The van der Waals surface area contributed by atoms with Gasteiger partial charge in [-0.25, -0.2) is 4.98 Å². The molecule has 2 aliphatic rings. The van der Waals surface area contributed by atoms with Gasteiger partial charge in [-0.2, -0.15) is 0 Å². The zero-order valence-electron chi connectivity index (χ0n) is 22.1. The van der Waals surface area contributed by atoms with Crippen molar-refractivity contribution in [3.8, 4) is 5.75 Å². The van der Waals surface area contributed by atoms with Crippen LogP contribution in [0.5, 0.6) is 5.75 Å². The molecule has 4 rings (SSSR count). The van der Waals surface area contributed by atoms with Crippen LogP contribution in [0.25, 0.3) is 0 Å². The van der Waals surface area contributed by atoms with E-state index in [1.54, 1.807) is 6.92 Å². The Morgan fingerprint density at radius 1 is 1.13 bits per heavy atom. The zero-order chi connectivity index (χ0) is 28.3. The van der Waals surface area contributed by atoms with E-state index in [4.69, 9.17) is 4.74 Å². The summed E-state index contributed by atoms with van der Waals surface area (Å²) < 4.78 is 5.65. The highest BCUT2D eigenvalue weighted by molar-refractivity contribution is 5.98. The number of carbonyl (C=O) groups excluding carboxylic acids is 4. The molecule has 3 amide bonds. The van der Waals surface area contributed by atoms with Crippen molar-refractivity contribution in [3.63, 3.8) is 0 Å². The lowest BCUT2D eigenvalue weighted by atomic mass is 9.92. The van der Waals surface area contributed by atoms with Gasteiger partial charge in [0.15, 0.2) is 11.8 Å². The normalized spacial score (nSPS) is 28.5. The second kappa shape index (κ2) is 11.8. The number of cyclic esters (lactones) is 1.